The highest BCUT2D eigenvalue weighted by atomic mass is 19.1. The number of esters is 1. The van der Waals surface area contributed by atoms with E-state index in [-0.39, 0.29) is 12.1 Å². The lowest BCUT2D eigenvalue weighted by molar-refractivity contribution is -0.148. The number of benzene rings is 2. The third-order valence-corrected chi connectivity index (χ3v) is 3.28. The lowest BCUT2D eigenvalue weighted by atomic mass is 10.3. The molecule has 142 valence electrons. The van der Waals surface area contributed by atoms with Gasteiger partial charge in [0.2, 0.25) is 0 Å². The summed E-state index contributed by atoms with van der Waals surface area (Å²) in [5.41, 5.74) is -0.0711. The van der Waals surface area contributed by atoms with Crippen molar-refractivity contribution >= 4 is 23.6 Å². The number of anilines is 1. The molecular formula is C19H19FN2O5. The normalized spacial score (nSPS) is 9.96. The van der Waals surface area contributed by atoms with E-state index in [9.17, 15) is 18.8 Å². The zero-order valence-corrected chi connectivity index (χ0v) is 14.4. The standard InChI is InChI=1S/C19H19FN2O5/c20-15-9-4-5-10-16(15)21-19(25)22-17(23)13-27-18(24)11-6-12-26-14-7-2-1-3-8-14/h1-5,7-10H,6,11-13H2,(H2,21,22,23,25). The number of nitrogens with one attached hydrogen (secondary N) is 2. The van der Waals surface area contributed by atoms with Crippen LogP contribution in [0, 0.1) is 5.82 Å². The highest BCUT2D eigenvalue weighted by Crippen LogP contribution is 2.12. The van der Waals surface area contributed by atoms with Crippen LogP contribution in [0.1, 0.15) is 12.8 Å². The number of imide groups is 1. The minimum absolute atomic E-state index is 0.0710. The molecule has 0 saturated carbocycles. The molecule has 0 aliphatic heterocycles. The molecule has 8 heteroatoms. The van der Waals surface area contributed by atoms with Crippen molar-refractivity contribution in [2.45, 2.75) is 12.8 Å². The van der Waals surface area contributed by atoms with E-state index in [0.717, 1.165) is 0 Å². The second-order valence-corrected chi connectivity index (χ2v) is 5.41. The molecule has 2 N–H and O–H groups in total. The van der Waals surface area contributed by atoms with E-state index in [1.165, 1.54) is 24.3 Å². The van der Waals surface area contributed by atoms with Gasteiger partial charge in [0, 0.05) is 6.42 Å². The van der Waals surface area contributed by atoms with Gasteiger partial charge in [-0.3, -0.25) is 14.9 Å². The number of hydrogen-bond acceptors (Lipinski definition) is 5. The zero-order valence-electron chi connectivity index (χ0n) is 14.4. The predicted molar refractivity (Wildman–Crippen MR) is 95.7 cm³/mol. The van der Waals surface area contributed by atoms with Gasteiger partial charge in [-0.05, 0) is 30.7 Å². The summed E-state index contributed by atoms with van der Waals surface area (Å²) in [6.45, 7) is -0.278. The summed E-state index contributed by atoms with van der Waals surface area (Å²) in [4.78, 5) is 34.8. The van der Waals surface area contributed by atoms with Crippen molar-refractivity contribution in [1.29, 1.82) is 0 Å². The monoisotopic (exact) mass is 374 g/mol. The maximum atomic E-state index is 13.4. The molecule has 2 aromatic rings. The first-order valence-corrected chi connectivity index (χ1v) is 8.23. The molecule has 0 bridgehead atoms. The highest BCUT2D eigenvalue weighted by molar-refractivity contribution is 6.01. The molecule has 0 unspecified atom stereocenters. The van der Waals surface area contributed by atoms with Crippen molar-refractivity contribution in [3.8, 4) is 5.75 Å². The Hall–Kier alpha value is -3.42. The van der Waals surface area contributed by atoms with Crippen molar-refractivity contribution in [3.63, 3.8) is 0 Å². The number of urea groups is 1. The Morgan fingerprint density at radius 3 is 2.41 bits per heavy atom. The Labute approximate surface area is 155 Å². The zero-order chi connectivity index (χ0) is 19.5. The molecule has 0 aromatic heterocycles. The number of halogens is 1. The molecular weight excluding hydrogens is 355 g/mol. The minimum atomic E-state index is -0.919. The molecule has 0 aliphatic rings. The first kappa shape index (κ1) is 19.9. The second kappa shape index (κ2) is 10.5. The van der Waals surface area contributed by atoms with Crippen molar-refractivity contribution in [2.75, 3.05) is 18.5 Å². The average molecular weight is 374 g/mol. The summed E-state index contributed by atoms with van der Waals surface area (Å²) in [7, 11) is 0. The van der Waals surface area contributed by atoms with Gasteiger partial charge in [0.05, 0.1) is 12.3 Å². The second-order valence-electron chi connectivity index (χ2n) is 5.41. The Balaban J connectivity index is 1.59. The maximum absolute atomic E-state index is 13.4. The fraction of sp³-hybridized carbons (Fsp3) is 0.211. The predicted octanol–water partition coefficient (Wildman–Crippen LogP) is 2.88. The van der Waals surface area contributed by atoms with Gasteiger partial charge in [-0.2, -0.15) is 0 Å². The first-order valence-electron chi connectivity index (χ1n) is 8.23. The van der Waals surface area contributed by atoms with Gasteiger partial charge >= 0.3 is 12.0 Å². The summed E-state index contributed by atoms with van der Waals surface area (Å²) in [6.07, 6.45) is 0.491. The number of hydrogen-bond donors (Lipinski definition) is 2. The van der Waals surface area contributed by atoms with Gasteiger partial charge in [0.15, 0.2) is 6.61 Å². The summed E-state index contributed by atoms with van der Waals surface area (Å²) in [5.74, 6) is -1.34. The van der Waals surface area contributed by atoms with E-state index < -0.39 is 30.3 Å². The number of carbonyl (C=O) groups excluding carboxylic acids is 3. The SMILES string of the molecule is O=C(COC(=O)CCCOc1ccccc1)NC(=O)Nc1ccccc1F. The smallest absolute Gasteiger partial charge is 0.326 e. The van der Waals surface area contributed by atoms with Crippen LogP contribution in [0.2, 0.25) is 0 Å². The molecule has 2 aromatic carbocycles. The Morgan fingerprint density at radius 1 is 0.963 bits per heavy atom. The molecule has 3 amide bonds. The largest absolute Gasteiger partial charge is 0.494 e. The van der Waals surface area contributed by atoms with Crippen LogP contribution < -0.4 is 15.4 Å². The van der Waals surface area contributed by atoms with Crippen LogP contribution in [0.4, 0.5) is 14.9 Å². The fourth-order valence-corrected chi connectivity index (χ4v) is 2.02. The quantitative estimate of drug-likeness (QED) is 0.547. The van der Waals surface area contributed by atoms with Crippen LogP contribution in [0.15, 0.2) is 54.6 Å². The molecule has 0 fully saturated rings. The molecule has 0 heterocycles. The van der Waals surface area contributed by atoms with Crippen molar-refractivity contribution < 1.29 is 28.2 Å². The van der Waals surface area contributed by atoms with E-state index in [1.54, 1.807) is 12.1 Å². The number of para-hydroxylation sites is 2. The average Bonchev–Trinajstić information content (AvgIpc) is 2.66. The van der Waals surface area contributed by atoms with Crippen molar-refractivity contribution in [2.24, 2.45) is 0 Å². The summed E-state index contributed by atoms with van der Waals surface area (Å²) in [6, 6.07) is 13.7. The molecule has 2 rings (SSSR count). The molecule has 0 saturated heterocycles. The van der Waals surface area contributed by atoms with Crippen LogP contribution in [-0.4, -0.2) is 31.1 Å². The lowest BCUT2D eigenvalue weighted by Gasteiger charge is -2.08. The van der Waals surface area contributed by atoms with Gasteiger partial charge in [0.25, 0.3) is 5.91 Å². The molecule has 7 nitrogen and oxygen atoms in total. The molecule has 0 radical (unpaired) electrons. The van der Waals surface area contributed by atoms with Crippen LogP contribution in [0.5, 0.6) is 5.75 Å². The minimum Gasteiger partial charge on any atom is -0.494 e. The van der Waals surface area contributed by atoms with E-state index >= 15 is 0 Å². The number of amides is 3. The van der Waals surface area contributed by atoms with E-state index in [1.807, 2.05) is 23.5 Å². The van der Waals surface area contributed by atoms with Gasteiger partial charge in [-0.1, -0.05) is 30.3 Å². The Morgan fingerprint density at radius 2 is 1.67 bits per heavy atom. The van der Waals surface area contributed by atoms with Gasteiger partial charge < -0.3 is 14.8 Å². The van der Waals surface area contributed by atoms with Gasteiger partial charge in [-0.15, -0.1) is 0 Å². The summed E-state index contributed by atoms with van der Waals surface area (Å²) >= 11 is 0. The molecule has 0 atom stereocenters. The Bertz CT molecular complexity index is 783. The molecule has 0 spiro atoms. The topological polar surface area (TPSA) is 93.7 Å². The molecule has 27 heavy (non-hydrogen) atoms. The highest BCUT2D eigenvalue weighted by Gasteiger charge is 2.12. The van der Waals surface area contributed by atoms with E-state index in [4.69, 9.17) is 9.47 Å². The maximum Gasteiger partial charge on any atom is 0.326 e. The van der Waals surface area contributed by atoms with Crippen molar-refractivity contribution in [1.82, 2.24) is 5.32 Å². The van der Waals surface area contributed by atoms with Crippen LogP contribution in [-0.2, 0) is 14.3 Å². The summed E-state index contributed by atoms with van der Waals surface area (Å²) < 4.78 is 23.6. The van der Waals surface area contributed by atoms with E-state index in [0.29, 0.717) is 18.8 Å². The third-order valence-electron chi connectivity index (χ3n) is 3.28. The van der Waals surface area contributed by atoms with E-state index in [2.05, 4.69) is 5.32 Å². The van der Waals surface area contributed by atoms with Crippen LogP contribution in [0.3, 0.4) is 0 Å². The molecule has 0 aliphatic carbocycles. The number of ether oxygens (including phenoxy) is 2. The van der Waals surface area contributed by atoms with Crippen LogP contribution >= 0.6 is 0 Å². The van der Waals surface area contributed by atoms with Gasteiger partial charge in [0.1, 0.15) is 11.6 Å². The Kier molecular flexibility index (Phi) is 7.77. The number of rotatable bonds is 8. The number of carbonyl (C=O) groups is 3. The fourth-order valence-electron chi connectivity index (χ4n) is 2.02. The third kappa shape index (κ3) is 7.55. The van der Waals surface area contributed by atoms with Crippen molar-refractivity contribution in [3.05, 3.63) is 60.4 Å². The first-order chi connectivity index (χ1) is 13.0. The lowest BCUT2D eigenvalue weighted by Crippen LogP contribution is -2.37. The summed E-state index contributed by atoms with van der Waals surface area (Å²) in [5, 5.41) is 4.13. The van der Waals surface area contributed by atoms with Crippen LogP contribution in [0.25, 0.3) is 0 Å². The van der Waals surface area contributed by atoms with Gasteiger partial charge in [-0.25, -0.2) is 9.18 Å².